The van der Waals surface area contributed by atoms with Crippen molar-refractivity contribution in [2.75, 3.05) is 20.8 Å². The Kier molecular flexibility index (Phi) is 4.82. The monoisotopic (exact) mass is 234 g/mol. The summed E-state index contributed by atoms with van der Waals surface area (Å²) in [6.45, 7) is 0.315. The smallest absolute Gasteiger partial charge is 0.255 e. The van der Waals surface area contributed by atoms with Gasteiger partial charge in [0, 0.05) is 6.54 Å². The average molecular weight is 234 g/mol. The van der Waals surface area contributed by atoms with E-state index < -0.39 is 0 Å². The van der Waals surface area contributed by atoms with Crippen LogP contribution in [0.1, 0.15) is 16.8 Å². The summed E-state index contributed by atoms with van der Waals surface area (Å²) in [6.07, 6.45) is 0.276. The minimum Gasteiger partial charge on any atom is -0.493 e. The van der Waals surface area contributed by atoms with Crippen molar-refractivity contribution in [3.8, 4) is 17.6 Å². The molecule has 5 heteroatoms. The minimum atomic E-state index is -0.281. The van der Waals surface area contributed by atoms with Gasteiger partial charge in [-0.05, 0) is 12.1 Å². The summed E-state index contributed by atoms with van der Waals surface area (Å²) in [4.78, 5) is 11.8. The standard InChI is InChI=1S/C12H14N2O3/c1-16-10-6-3-5-9(11(10)17-2)12(15)14-8-4-7-13/h3,5-6H,4,8H2,1-2H3,(H,14,15). The predicted molar refractivity (Wildman–Crippen MR) is 62.1 cm³/mol. The van der Waals surface area contributed by atoms with E-state index in [9.17, 15) is 4.79 Å². The highest BCUT2D eigenvalue weighted by Gasteiger charge is 2.15. The molecule has 0 heterocycles. The molecule has 0 unspecified atom stereocenters. The van der Waals surface area contributed by atoms with Crippen LogP contribution in [0.2, 0.25) is 0 Å². The largest absolute Gasteiger partial charge is 0.493 e. The van der Waals surface area contributed by atoms with Crippen LogP contribution in [0, 0.1) is 11.3 Å². The maximum Gasteiger partial charge on any atom is 0.255 e. The molecule has 5 nitrogen and oxygen atoms in total. The van der Waals surface area contributed by atoms with E-state index in [2.05, 4.69) is 5.32 Å². The molecule has 1 amide bonds. The lowest BCUT2D eigenvalue weighted by Gasteiger charge is -2.11. The number of carbonyl (C=O) groups excluding carboxylic acids is 1. The number of nitriles is 1. The van der Waals surface area contributed by atoms with E-state index >= 15 is 0 Å². The Morgan fingerprint density at radius 2 is 2.18 bits per heavy atom. The van der Waals surface area contributed by atoms with Crippen LogP contribution in [0.4, 0.5) is 0 Å². The molecule has 1 rings (SSSR count). The average Bonchev–Trinajstić information content (AvgIpc) is 2.37. The van der Waals surface area contributed by atoms with Crippen molar-refractivity contribution in [3.63, 3.8) is 0 Å². The minimum absolute atomic E-state index is 0.276. The summed E-state index contributed by atoms with van der Waals surface area (Å²) >= 11 is 0. The lowest BCUT2D eigenvalue weighted by Crippen LogP contribution is -2.24. The lowest BCUT2D eigenvalue weighted by molar-refractivity contribution is 0.0951. The molecule has 0 aliphatic carbocycles. The van der Waals surface area contributed by atoms with Gasteiger partial charge >= 0.3 is 0 Å². The van der Waals surface area contributed by atoms with Gasteiger partial charge in [-0.3, -0.25) is 4.79 Å². The molecular formula is C12H14N2O3. The Labute approximate surface area is 100.0 Å². The van der Waals surface area contributed by atoms with Gasteiger partial charge in [-0.2, -0.15) is 5.26 Å². The number of amides is 1. The highest BCUT2D eigenvalue weighted by molar-refractivity contribution is 5.97. The number of para-hydroxylation sites is 1. The van der Waals surface area contributed by atoms with Crippen molar-refractivity contribution < 1.29 is 14.3 Å². The van der Waals surface area contributed by atoms with Gasteiger partial charge in [0.25, 0.3) is 5.91 Å². The highest BCUT2D eigenvalue weighted by atomic mass is 16.5. The molecule has 0 radical (unpaired) electrons. The molecule has 17 heavy (non-hydrogen) atoms. The van der Waals surface area contributed by atoms with Crippen LogP contribution in [-0.4, -0.2) is 26.7 Å². The van der Waals surface area contributed by atoms with Crippen LogP contribution >= 0.6 is 0 Å². The molecule has 0 atom stereocenters. The zero-order valence-corrected chi connectivity index (χ0v) is 9.82. The van der Waals surface area contributed by atoms with E-state index in [1.165, 1.54) is 14.2 Å². The van der Waals surface area contributed by atoms with Crippen molar-refractivity contribution in [2.45, 2.75) is 6.42 Å². The third kappa shape index (κ3) is 3.11. The maximum absolute atomic E-state index is 11.8. The first-order valence-corrected chi connectivity index (χ1v) is 5.10. The summed E-state index contributed by atoms with van der Waals surface area (Å²) in [7, 11) is 2.99. The van der Waals surface area contributed by atoms with Gasteiger partial charge in [0.1, 0.15) is 0 Å². The summed E-state index contributed by atoms with van der Waals surface area (Å²) < 4.78 is 10.2. The van der Waals surface area contributed by atoms with Crippen LogP contribution in [0.3, 0.4) is 0 Å². The number of nitrogens with one attached hydrogen (secondary N) is 1. The third-order valence-corrected chi connectivity index (χ3v) is 2.17. The molecule has 0 aromatic heterocycles. The molecule has 1 aromatic rings. The van der Waals surface area contributed by atoms with Crippen LogP contribution in [0.5, 0.6) is 11.5 Å². The van der Waals surface area contributed by atoms with Gasteiger partial charge in [-0.25, -0.2) is 0 Å². The highest BCUT2D eigenvalue weighted by Crippen LogP contribution is 2.30. The number of benzene rings is 1. The van der Waals surface area contributed by atoms with E-state index in [0.717, 1.165) is 0 Å². The Morgan fingerprint density at radius 3 is 2.76 bits per heavy atom. The number of hydrogen-bond acceptors (Lipinski definition) is 4. The van der Waals surface area contributed by atoms with Crippen molar-refractivity contribution in [1.82, 2.24) is 5.32 Å². The second kappa shape index (κ2) is 6.38. The first-order chi connectivity index (χ1) is 8.24. The molecule has 90 valence electrons. The van der Waals surface area contributed by atoms with Crippen molar-refractivity contribution in [1.29, 1.82) is 5.26 Å². The topological polar surface area (TPSA) is 71.3 Å². The fourth-order valence-corrected chi connectivity index (χ4v) is 1.39. The Morgan fingerprint density at radius 1 is 1.41 bits per heavy atom. The first kappa shape index (κ1) is 12.8. The SMILES string of the molecule is COc1cccc(C(=O)NCCC#N)c1OC. The van der Waals surface area contributed by atoms with E-state index in [0.29, 0.717) is 23.6 Å². The van der Waals surface area contributed by atoms with Gasteiger partial charge in [0.05, 0.1) is 32.3 Å². The van der Waals surface area contributed by atoms with Crippen LogP contribution < -0.4 is 14.8 Å². The molecule has 0 spiro atoms. The first-order valence-electron chi connectivity index (χ1n) is 5.10. The number of carbonyl (C=O) groups is 1. The van der Waals surface area contributed by atoms with Crippen LogP contribution in [0.25, 0.3) is 0 Å². The van der Waals surface area contributed by atoms with Gasteiger partial charge in [0.2, 0.25) is 0 Å². The van der Waals surface area contributed by atoms with E-state index in [-0.39, 0.29) is 12.3 Å². The van der Waals surface area contributed by atoms with Crippen molar-refractivity contribution in [3.05, 3.63) is 23.8 Å². The van der Waals surface area contributed by atoms with E-state index in [1.54, 1.807) is 18.2 Å². The maximum atomic E-state index is 11.8. The van der Waals surface area contributed by atoms with E-state index in [4.69, 9.17) is 14.7 Å². The normalized spacial score (nSPS) is 9.24. The number of hydrogen-bond donors (Lipinski definition) is 1. The molecule has 1 N–H and O–H groups in total. The molecule has 0 aliphatic rings. The lowest BCUT2D eigenvalue weighted by atomic mass is 10.1. The van der Waals surface area contributed by atoms with Crippen molar-refractivity contribution >= 4 is 5.91 Å². The quantitative estimate of drug-likeness (QED) is 0.780. The number of methoxy groups -OCH3 is 2. The zero-order chi connectivity index (χ0) is 12.7. The van der Waals surface area contributed by atoms with E-state index in [1.807, 2.05) is 6.07 Å². The molecule has 1 aromatic carbocycles. The summed E-state index contributed by atoms with van der Waals surface area (Å²) in [5.41, 5.74) is 0.393. The zero-order valence-electron chi connectivity index (χ0n) is 9.82. The molecule has 0 aliphatic heterocycles. The van der Waals surface area contributed by atoms with Crippen LogP contribution in [-0.2, 0) is 0 Å². The molecule has 0 fully saturated rings. The fraction of sp³-hybridized carbons (Fsp3) is 0.333. The Balaban J connectivity index is 2.89. The summed E-state index contributed by atoms with van der Waals surface area (Å²) in [5, 5.41) is 11.0. The van der Waals surface area contributed by atoms with Gasteiger partial charge in [-0.1, -0.05) is 6.07 Å². The molecule has 0 bridgehead atoms. The fourth-order valence-electron chi connectivity index (χ4n) is 1.39. The second-order valence-electron chi connectivity index (χ2n) is 3.21. The Hall–Kier alpha value is -2.22. The van der Waals surface area contributed by atoms with Gasteiger partial charge in [0.15, 0.2) is 11.5 Å². The molecule has 0 saturated carbocycles. The number of nitrogens with zero attached hydrogens (tertiary/aromatic N) is 1. The summed E-state index contributed by atoms with van der Waals surface area (Å²) in [5.74, 6) is 0.612. The number of rotatable bonds is 5. The number of ether oxygens (including phenoxy) is 2. The predicted octanol–water partition coefficient (Wildman–Crippen LogP) is 1.35. The molecule has 0 saturated heterocycles. The van der Waals surface area contributed by atoms with Crippen molar-refractivity contribution in [2.24, 2.45) is 0 Å². The third-order valence-electron chi connectivity index (χ3n) is 2.17. The van der Waals surface area contributed by atoms with Crippen LogP contribution in [0.15, 0.2) is 18.2 Å². The Bertz CT molecular complexity index is 438. The summed E-state index contributed by atoms with van der Waals surface area (Å²) in [6, 6.07) is 7.02. The van der Waals surface area contributed by atoms with Gasteiger partial charge in [-0.15, -0.1) is 0 Å². The van der Waals surface area contributed by atoms with Gasteiger partial charge < -0.3 is 14.8 Å². The second-order valence-corrected chi connectivity index (χ2v) is 3.21. The molecular weight excluding hydrogens is 220 g/mol.